The smallest absolute Gasteiger partial charge is 0.224 e. The summed E-state index contributed by atoms with van der Waals surface area (Å²) in [5.41, 5.74) is 2.90. The van der Waals surface area contributed by atoms with Crippen LogP contribution in [0.25, 0.3) is 6.08 Å². The number of aliphatic hydroxyl groups is 1. The maximum Gasteiger partial charge on any atom is 0.224 e. The number of rotatable bonds is 4. The van der Waals surface area contributed by atoms with Gasteiger partial charge in [0, 0.05) is 12.8 Å². The predicted molar refractivity (Wildman–Crippen MR) is 87.1 cm³/mol. The highest BCUT2D eigenvalue weighted by Crippen LogP contribution is 2.31. The molecule has 0 saturated carbocycles. The van der Waals surface area contributed by atoms with Gasteiger partial charge in [-0.2, -0.15) is 0 Å². The standard InChI is InChI=1S/C19H18FNO2/c20-15-10-8-13(9-11-15)4-3-7-18(23)21-19-16-6-2-1-5-14(16)12-17(19)22/h1-6,8-11,17,19,22H,7,12H2,(H,21,23)/b4-3+/t17-,19+/m1/s1. The van der Waals surface area contributed by atoms with E-state index < -0.39 is 6.10 Å². The Bertz CT molecular complexity index is 724. The summed E-state index contributed by atoms with van der Waals surface area (Å²) in [7, 11) is 0. The number of nitrogens with one attached hydrogen (secondary N) is 1. The number of carbonyl (C=O) groups is 1. The van der Waals surface area contributed by atoms with Crippen LogP contribution in [0.15, 0.2) is 54.6 Å². The van der Waals surface area contributed by atoms with Gasteiger partial charge in [-0.1, -0.05) is 48.6 Å². The number of aliphatic hydroxyl groups excluding tert-OH is 1. The van der Waals surface area contributed by atoms with Crippen LogP contribution < -0.4 is 5.32 Å². The number of benzene rings is 2. The fraction of sp³-hybridized carbons (Fsp3) is 0.211. The Morgan fingerprint density at radius 1 is 1.22 bits per heavy atom. The third-order valence-electron chi connectivity index (χ3n) is 4.00. The lowest BCUT2D eigenvalue weighted by molar-refractivity contribution is -0.121. The molecule has 0 unspecified atom stereocenters. The zero-order chi connectivity index (χ0) is 16.2. The lowest BCUT2D eigenvalue weighted by Crippen LogP contribution is -2.33. The quantitative estimate of drug-likeness (QED) is 0.912. The maximum absolute atomic E-state index is 12.8. The minimum absolute atomic E-state index is 0.149. The fourth-order valence-corrected chi connectivity index (χ4v) is 2.86. The molecule has 0 aliphatic heterocycles. The Kier molecular flexibility index (Phi) is 4.53. The summed E-state index contributed by atoms with van der Waals surface area (Å²) < 4.78 is 12.8. The maximum atomic E-state index is 12.8. The van der Waals surface area contributed by atoms with Crippen LogP contribution in [-0.4, -0.2) is 17.1 Å². The first-order valence-corrected chi connectivity index (χ1v) is 7.61. The van der Waals surface area contributed by atoms with E-state index in [0.717, 1.165) is 16.7 Å². The average Bonchev–Trinajstić information content (AvgIpc) is 2.85. The first kappa shape index (κ1) is 15.4. The van der Waals surface area contributed by atoms with E-state index in [-0.39, 0.29) is 24.2 Å². The topological polar surface area (TPSA) is 49.3 Å². The van der Waals surface area contributed by atoms with Gasteiger partial charge < -0.3 is 10.4 Å². The lowest BCUT2D eigenvalue weighted by atomic mass is 10.1. The SMILES string of the molecule is O=C(C/C=C/c1ccc(F)cc1)N[C@H]1c2ccccc2C[C@H]1O. The van der Waals surface area contributed by atoms with Crippen molar-refractivity contribution in [2.45, 2.75) is 25.0 Å². The molecule has 1 aliphatic rings. The van der Waals surface area contributed by atoms with Gasteiger partial charge in [-0.3, -0.25) is 4.79 Å². The molecule has 2 aromatic rings. The highest BCUT2D eigenvalue weighted by Gasteiger charge is 2.31. The highest BCUT2D eigenvalue weighted by molar-refractivity contribution is 5.79. The van der Waals surface area contributed by atoms with Crippen molar-refractivity contribution >= 4 is 12.0 Å². The van der Waals surface area contributed by atoms with Gasteiger partial charge in [-0.05, 0) is 28.8 Å². The van der Waals surface area contributed by atoms with Gasteiger partial charge in [0.15, 0.2) is 0 Å². The van der Waals surface area contributed by atoms with Crippen molar-refractivity contribution in [3.05, 3.63) is 77.1 Å². The number of hydrogen-bond donors (Lipinski definition) is 2. The lowest BCUT2D eigenvalue weighted by Gasteiger charge is -2.17. The van der Waals surface area contributed by atoms with Crippen LogP contribution in [0.1, 0.15) is 29.2 Å². The van der Waals surface area contributed by atoms with E-state index in [1.54, 1.807) is 24.3 Å². The number of amides is 1. The van der Waals surface area contributed by atoms with Crippen molar-refractivity contribution < 1.29 is 14.3 Å². The number of fused-ring (bicyclic) bond motifs is 1. The van der Waals surface area contributed by atoms with E-state index in [4.69, 9.17) is 0 Å². The zero-order valence-electron chi connectivity index (χ0n) is 12.6. The normalized spacial score (nSPS) is 19.7. The molecule has 0 fully saturated rings. The predicted octanol–water partition coefficient (Wildman–Crippen LogP) is 3.00. The van der Waals surface area contributed by atoms with Crippen molar-refractivity contribution in [3.8, 4) is 0 Å². The molecule has 118 valence electrons. The van der Waals surface area contributed by atoms with E-state index in [9.17, 15) is 14.3 Å². The van der Waals surface area contributed by atoms with Gasteiger partial charge in [0.05, 0.1) is 12.1 Å². The monoisotopic (exact) mass is 311 g/mol. The molecule has 2 N–H and O–H groups in total. The Labute approximate surface area is 134 Å². The molecule has 23 heavy (non-hydrogen) atoms. The van der Waals surface area contributed by atoms with Crippen molar-refractivity contribution in [3.63, 3.8) is 0 Å². The van der Waals surface area contributed by atoms with Crippen LogP contribution in [-0.2, 0) is 11.2 Å². The van der Waals surface area contributed by atoms with Crippen LogP contribution in [0.3, 0.4) is 0 Å². The molecular formula is C19H18FNO2. The fourth-order valence-electron chi connectivity index (χ4n) is 2.86. The van der Waals surface area contributed by atoms with Gasteiger partial charge in [0.1, 0.15) is 5.82 Å². The van der Waals surface area contributed by atoms with Crippen molar-refractivity contribution in [2.75, 3.05) is 0 Å². The second kappa shape index (κ2) is 6.75. The van der Waals surface area contributed by atoms with Crippen LogP contribution in [0.5, 0.6) is 0 Å². The van der Waals surface area contributed by atoms with E-state index >= 15 is 0 Å². The molecule has 2 aromatic carbocycles. The summed E-state index contributed by atoms with van der Waals surface area (Å²) >= 11 is 0. The minimum Gasteiger partial charge on any atom is -0.390 e. The molecule has 0 aromatic heterocycles. The van der Waals surface area contributed by atoms with Crippen molar-refractivity contribution in [1.82, 2.24) is 5.32 Å². The molecule has 2 atom stereocenters. The van der Waals surface area contributed by atoms with Gasteiger partial charge in [-0.25, -0.2) is 4.39 Å². The summed E-state index contributed by atoms with van der Waals surface area (Å²) in [5, 5.41) is 13.0. The molecule has 1 amide bonds. The van der Waals surface area contributed by atoms with Crippen molar-refractivity contribution in [2.24, 2.45) is 0 Å². The number of hydrogen-bond acceptors (Lipinski definition) is 2. The molecule has 0 saturated heterocycles. The Morgan fingerprint density at radius 2 is 1.96 bits per heavy atom. The molecule has 3 nitrogen and oxygen atoms in total. The van der Waals surface area contributed by atoms with Crippen LogP contribution >= 0.6 is 0 Å². The van der Waals surface area contributed by atoms with E-state index in [1.165, 1.54) is 12.1 Å². The highest BCUT2D eigenvalue weighted by atomic mass is 19.1. The van der Waals surface area contributed by atoms with Crippen LogP contribution in [0, 0.1) is 5.82 Å². The van der Waals surface area contributed by atoms with Gasteiger partial charge in [-0.15, -0.1) is 0 Å². The van der Waals surface area contributed by atoms with Crippen molar-refractivity contribution in [1.29, 1.82) is 0 Å². The molecule has 3 rings (SSSR count). The molecular weight excluding hydrogens is 293 g/mol. The van der Waals surface area contributed by atoms with E-state index in [0.29, 0.717) is 6.42 Å². The van der Waals surface area contributed by atoms with Crippen LogP contribution in [0.4, 0.5) is 4.39 Å². The number of carbonyl (C=O) groups excluding carboxylic acids is 1. The second-order valence-corrected chi connectivity index (χ2v) is 5.67. The first-order chi connectivity index (χ1) is 11.1. The summed E-state index contributed by atoms with van der Waals surface area (Å²) in [6.45, 7) is 0. The first-order valence-electron chi connectivity index (χ1n) is 7.61. The zero-order valence-corrected chi connectivity index (χ0v) is 12.6. The number of halogens is 1. The summed E-state index contributed by atoms with van der Waals surface area (Å²) in [5.74, 6) is -0.433. The van der Waals surface area contributed by atoms with Gasteiger partial charge >= 0.3 is 0 Å². The molecule has 0 radical (unpaired) electrons. The largest absolute Gasteiger partial charge is 0.390 e. The Morgan fingerprint density at radius 3 is 2.74 bits per heavy atom. The molecule has 0 spiro atoms. The minimum atomic E-state index is -0.586. The summed E-state index contributed by atoms with van der Waals surface area (Å²) in [4.78, 5) is 12.1. The third kappa shape index (κ3) is 3.66. The Balaban J connectivity index is 1.58. The average molecular weight is 311 g/mol. The third-order valence-corrected chi connectivity index (χ3v) is 4.00. The summed E-state index contributed by atoms with van der Waals surface area (Å²) in [6, 6.07) is 13.5. The second-order valence-electron chi connectivity index (χ2n) is 5.67. The molecule has 4 heteroatoms. The molecule has 0 bridgehead atoms. The molecule has 0 heterocycles. The van der Waals surface area contributed by atoms with Crippen LogP contribution in [0.2, 0.25) is 0 Å². The Hall–Kier alpha value is -2.46. The van der Waals surface area contributed by atoms with E-state index in [2.05, 4.69) is 5.32 Å². The van der Waals surface area contributed by atoms with Gasteiger partial charge in [0.2, 0.25) is 5.91 Å². The van der Waals surface area contributed by atoms with E-state index in [1.807, 2.05) is 24.3 Å². The molecule has 1 aliphatic carbocycles. The summed E-state index contributed by atoms with van der Waals surface area (Å²) in [6.07, 6.45) is 3.70. The van der Waals surface area contributed by atoms with Gasteiger partial charge in [0.25, 0.3) is 0 Å².